The standard InChI is InChI=1S/C16H21N5O3S.ClH/c1-17-15(12-10-18-20(2)11-12)16(22)19-13-5-3-6-14(9-13)21-7-4-8-25(21,23)24;/h3,5-6,9-11,15,17H,4,7-8H2,1-2H3,(H,19,22);1H. The number of hydrogen-bond donors (Lipinski definition) is 2. The van der Waals surface area contributed by atoms with Crippen molar-refractivity contribution in [1.82, 2.24) is 15.1 Å². The van der Waals surface area contributed by atoms with E-state index in [-0.39, 0.29) is 24.1 Å². The summed E-state index contributed by atoms with van der Waals surface area (Å²) in [6.45, 7) is 0.467. The number of anilines is 2. The quantitative estimate of drug-likeness (QED) is 0.789. The average molecular weight is 400 g/mol. The summed E-state index contributed by atoms with van der Waals surface area (Å²) in [5.74, 6) is -0.0798. The molecule has 1 atom stereocenters. The number of carbonyl (C=O) groups excluding carboxylic acids is 1. The highest BCUT2D eigenvalue weighted by atomic mass is 35.5. The minimum absolute atomic E-state index is 0. The van der Waals surface area contributed by atoms with Crippen LogP contribution >= 0.6 is 12.4 Å². The lowest BCUT2D eigenvalue weighted by atomic mass is 10.1. The van der Waals surface area contributed by atoms with Crippen LogP contribution in [0.2, 0.25) is 0 Å². The van der Waals surface area contributed by atoms with Crippen molar-refractivity contribution in [3.8, 4) is 0 Å². The van der Waals surface area contributed by atoms with Crippen LogP contribution in [0.4, 0.5) is 11.4 Å². The van der Waals surface area contributed by atoms with E-state index in [9.17, 15) is 13.2 Å². The fourth-order valence-corrected chi connectivity index (χ4v) is 4.48. The molecule has 2 N–H and O–H groups in total. The number of sulfonamides is 1. The van der Waals surface area contributed by atoms with Crippen molar-refractivity contribution in [2.75, 3.05) is 29.0 Å². The highest BCUT2D eigenvalue weighted by Crippen LogP contribution is 2.27. The van der Waals surface area contributed by atoms with Crippen LogP contribution in [0.25, 0.3) is 0 Å². The van der Waals surface area contributed by atoms with Gasteiger partial charge in [0.25, 0.3) is 0 Å². The number of nitrogens with zero attached hydrogens (tertiary/aromatic N) is 3. The molecule has 1 fully saturated rings. The Kier molecular flexibility index (Phi) is 6.27. The van der Waals surface area contributed by atoms with Crippen LogP contribution in [0.3, 0.4) is 0 Å². The predicted molar refractivity (Wildman–Crippen MR) is 103 cm³/mol. The third kappa shape index (κ3) is 4.17. The van der Waals surface area contributed by atoms with Crippen molar-refractivity contribution >= 4 is 39.7 Å². The summed E-state index contributed by atoms with van der Waals surface area (Å²) in [5, 5.41) is 9.88. The second-order valence-corrected chi connectivity index (χ2v) is 7.96. The van der Waals surface area contributed by atoms with Gasteiger partial charge in [0, 0.05) is 31.0 Å². The van der Waals surface area contributed by atoms with Gasteiger partial charge in [-0.1, -0.05) is 6.07 Å². The Labute approximate surface area is 159 Å². The largest absolute Gasteiger partial charge is 0.324 e. The normalized spacial score (nSPS) is 16.8. The number of nitrogens with one attached hydrogen (secondary N) is 2. The van der Waals surface area contributed by atoms with Gasteiger partial charge in [-0.25, -0.2) is 8.42 Å². The number of carbonyl (C=O) groups is 1. The average Bonchev–Trinajstić information content (AvgIpc) is 3.13. The maximum absolute atomic E-state index is 12.6. The number of hydrogen-bond acceptors (Lipinski definition) is 5. The first-order chi connectivity index (χ1) is 11.9. The van der Waals surface area contributed by atoms with Crippen LogP contribution in [-0.2, 0) is 21.9 Å². The van der Waals surface area contributed by atoms with Crippen molar-refractivity contribution in [2.24, 2.45) is 7.05 Å². The second kappa shape index (κ2) is 8.07. The molecule has 2 aromatic rings. The van der Waals surface area contributed by atoms with E-state index in [1.165, 1.54) is 4.31 Å². The SMILES string of the molecule is CNC(C(=O)Nc1cccc(N2CCCS2(=O)=O)c1)c1cnn(C)c1.Cl. The number of rotatable bonds is 5. The van der Waals surface area contributed by atoms with E-state index < -0.39 is 16.1 Å². The molecular formula is C16H22ClN5O3S. The Morgan fingerprint density at radius 2 is 2.12 bits per heavy atom. The molecule has 8 nitrogen and oxygen atoms in total. The van der Waals surface area contributed by atoms with Gasteiger partial charge in [-0.3, -0.25) is 13.8 Å². The van der Waals surface area contributed by atoms with Crippen molar-refractivity contribution in [2.45, 2.75) is 12.5 Å². The molecule has 1 aromatic heterocycles. The number of benzene rings is 1. The predicted octanol–water partition coefficient (Wildman–Crippen LogP) is 1.28. The minimum Gasteiger partial charge on any atom is -0.324 e. The molecule has 0 aliphatic carbocycles. The van der Waals surface area contributed by atoms with Gasteiger partial charge in [-0.2, -0.15) is 5.10 Å². The van der Waals surface area contributed by atoms with Crippen LogP contribution in [-0.4, -0.2) is 43.5 Å². The fourth-order valence-electron chi connectivity index (χ4n) is 2.92. The van der Waals surface area contributed by atoms with Crippen LogP contribution in [0.15, 0.2) is 36.7 Å². The number of aromatic nitrogens is 2. The summed E-state index contributed by atoms with van der Waals surface area (Å²) in [6.07, 6.45) is 4.02. The summed E-state index contributed by atoms with van der Waals surface area (Å²) < 4.78 is 27.1. The Bertz CT molecular complexity index is 884. The molecule has 1 saturated heterocycles. The van der Waals surface area contributed by atoms with Crippen molar-refractivity contribution in [3.63, 3.8) is 0 Å². The smallest absolute Gasteiger partial charge is 0.246 e. The lowest BCUT2D eigenvalue weighted by Gasteiger charge is -2.19. The molecule has 0 spiro atoms. The number of likely N-dealkylation sites (N-methyl/N-ethyl adjacent to an activating group) is 1. The molecular weight excluding hydrogens is 378 g/mol. The lowest BCUT2D eigenvalue weighted by Crippen LogP contribution is -2.30. The molecule has 0 bridgehead atoms. The second-order valence-electron chi connectivity index (χ2n) is 5.95. The van der Waals surface area contributed by atoms with E-state index in [0.717, 1.165) is 5.56 Å². The number of halogens is 1. The Balaban J connectivity index is 0.00000243. The summed E-state index contributed by atoms with van der Waals surface area (Å²) in [4.78, 5) is 12.6. The van der Waals surface area contributed by atoms with Gasteiger partial charge in [0.15, 0.2) is 0 Å². The first kappa shape index (κ1) is 20.2. The van der Waals surface area contributed by atoms with E-state index in [2.05, 4.69) is 15.7 Å². The highest BCUT2D eigenvalue weighted by molar-refractivity contribution is 7.93. The summed E-state index contributed by atoms with van der Waals surface area (Å²) in [5.41, 5.74) is 1.87. The van der Waals surface area contributed by atoms with Crippen LogP contribution in [0, 0.1) is 0 Å². The molecule has 1 aromatic carbocycles. The number of aryl methyl sites for hydroxylation is 1. The molecule has 1 unspecified atom stereocenters. The third-order valence-corrected chi connectivity index (χ3v) is 5.98. The summed E-state index contributed by atoms with van der Waals surface area (Å²) in [6, 6.07) is 6.33. The van der Waals surface area contributed by atoms with E-state index >= 15 is 0 Å². The first-order valence-corrected chi connectivity index (χ1v) is 9.59. The molecule has 1 amide bonds. The van der Waals surface area contributed by atoms with E-state index in [0.29, 0.717) is 24.3 Å². The third-order valence-electron chi connectivity index (χ3n) is 4.11. The molecule has 0 radical (unpaired) electrons. The molecule has 1 aliphatic heterocycles. The maximum Gasteiger partial charge on any atom is 0.246 e. The van der Waals surface area contributed by atoms with Gasteiger partial charge in [0.05, 0.1) is 17.6 Å². The topological polar surface area (TPSA) is 96.3 Å². The zero-order valence-electron chi connectivity index (χ0n) is 14.5. The van der Waals surface area contributed by atoms with Gasteiger partial charge in [-0.05, 0) is 31.7 Å². The lowest BCUT2D eigenvalue weighted by molar-refractivity contribution is -0.118. The van der Waals surface area contributed by atoms with Gasteiger partial charge < -0.3 is 10.6 Å². The molecule has 2 heterocycles. The van der Waals surface area contributed by atoms with Gasteiger partial charge >= 0.3 is 0 Å². The first-order valence-electron chi connectivity index (χ1n) is 7.98. The Morgan fingerprint density at radius 3 is 2.69 bits per heavy atom. The Morgan fingerprint density at radius 1 is 1.35 bits per heavy atom. The van der Waals surface area contributed by atoms with Crippen LogP contribution in [0.1, 0.15) is 18.0 Å². The molecule has 3 rings (SSSR count). The molecule has 142 valence electrons. The van der Waals surface area contributed by atoms with E-state index in [1.54, 1.807) is 55.4 Å². The highest BCUT2D eigenvalue weighted by Gasteiger charge is 2.28. The maximum atomic E-state index is 12.6. The van der Waals surface area contributed by atoms with Gasteiger partial charge in [0.1, 0.15) is 6.04 Å². The van der Waals surface area contributed by atoms with Crippen LogP contribution < -0.4 is 14.9 Å². The Hall–Kier alpha value is -2.10. The molecule has 0 saturated carbocycles. The fraction of sp³-hybridized carbons (Fsp3) is 0.375. The molecule has 26 heavy (non-hydrogen) atoms. The van der Waals surface area contributed by atoms with Crippen LogP contribution in [0.5, 0.6) is 0 Å². The molecule has 10 heteroatoms. The number of amides is 1. The summed E-state index contributed by atoms with van der Waals surface area (Å²) in [7, 11) is 0.235. The monoisotopic (exact) mass is 399 g/mol. The summed E-state index contributed by atoms with van der Waals surface area (Å²) >= 11 is 0. The van der Waals surface area contributed by atoms with E-state index in [1.807, 2.05) is 0 Å². The molecule has 1 aliphatic rings. The zero-order chi connectivity index (χ0) is 18.0. The van der Waals surface area contributed by atoms with E-state index in [4.69, 9.17) is 0 Å². The minimum atomic E-state index is -3.25. The van der Waals surface area contributed by atoms with Crippen molar-refractivity contribution < 1.29 is 13.2 Å². The van der Waals surface area contributed by atoms with Gasteiger partial charge in [0.2, 0.25) is 15.9 Å². The zero-order valence-corrected chi connectivity index (χ0v) is 16.2. The van der Waals surface area contributed by atoms with Crippen molar-refractivity contribution in [3.05, 3.63) is 42.2 Å². The van der Waals surface area contributed by atoms with Gasteiger partial charge in [-0.15, -0.1) is 12.4 Å². The van der Waals surface area contributed by atoms with Crippen molar-refractivity contribution in [1.29, 1.82) is 0 Å².